The lowest BCUT2D eigenvalue weighted by molar-refractivity contribution is -0.270. The van der Waals surface area contributed by atoms with Crippen LogP contribution in [-0.4, -0.2) is 78.2 Å². The highest BCUT2D eigenvalue weighted by molar-refractivity contribution is 5.73. The number of aliphatic hydroxyl groups excluding tert-OH is 3. The molecular formula is C16H29NO8. The molecular weight excluding hydrogens is 334 g/mol. The summed E-state index contributed by atoms with van der Waals surface area (Å²) in [5.74, 6) is -0.619. The number of carbonyl (C=O) groups is 2. The maximum Gasteiger partial charge on any atom is 0.305 e. The van der Waals surface area contributed by atoms with E-state index in [-0.39, 0.29) is 5.97 Å². The second kappa shape index (κ2) is 11.4. The second-order valence-corrected chi connectivity index (χ2v) is 6.04. The van der Waals surface area contributed by atoms with E-state index >= 15 is 0 Å². The zero-order valence-electron chi connectivity index (χ0n) is 14.7. The molecule has 5 atom stereocenters. The van der Waals surface area contributed by atoms with Gasteiger partial charge in [0.05, 0.1) is 13.7 Å². The molecule has 0 radical (unpaired) electrons. The summed E-state index contributed by atoms with van der Waals surface area (Å²) in [5.41, 5.74) is 0. The van der Waals surface area contributed by atoms with Gasteiger partial charge in [0.15, 0.2) is 6.29 Å². The van der Waals surface area contributed by atoms with Gasteiger partial charge in [-0.2, -0.15) is 0 Å². The third-order valence-corrected chi connectivity index (χ3v) is 4.04. The van der Waals surface area contributed by atoms with Crippen molar-refractivity contribution in [2.45, 2.75) is 69.7 Å². The molecule has 1 rings (SSSR count). The number of amides is 1. The first-order valence-electron chi connectivity index (χ1n) is 8.48. The smallest absolute Gasteiger partial charge is 0.305 e. The maximum absolute atomic E-state index is 11.3. The predicted octanol–water partition coefficient (Wildman–Crippen LogP) is -0.930. The number of carbonyl (C=O) groups excluding carboxylic acids is 2. The van der Waals surface area contributed by atoms with Gasteiger partial charge in [0.25, 0.3) is 0 Å². The van der Waals surface area contributed by atoms with Gasteiger partial charge in [0.2, 0.25) is 5.91 Å². The maximum atomic E-state index is 11.3. The summed E-state index contributed by atoms with van der Waals surface area (Å²) in [6, 6.07) is -0.922. The van der Waals surface area contributed by atoms with Crippen molar-refractivity contribution < 1.29 is 39.1 Å². The van der Waals surface area contributed by atoms with Gasteiger partial charge in [-0.1, -0.05) is 12.8 Å². The van der Waals surface area contributed by atoms with E-state index < -0.39 is 43.2 Å². The third-order valence-electron chi connectivity index (χ3n) is 4.04. The van der Waals surface area contributed by atoms with Crippen molar-refractivity contribution in [2.75, 3.05) is 20.3 Å². The predicted molar refractivity (Wildman–Crippen MR) is 86.4 cm³/mol. The quantitative estimate of drug-likeness (QED) is 0.289. The Morgan fingerprint density at radius 3 is 2.40 bits per heavy atom. The molecule has 0 spiro atoms. The number of unbranched alkanes of at least 4 members (excludes halogenated alkanes) is 3. The van der Waals surface area contributed by atoms with Crippen LogP contribution in [0.5, 0.6) is 0 Å². The van der Waals surface area contributed by atoms with E-state index in [1.807, 2.05) is 0 Å². The Kier molecular flexibility index (Phi) is 9.91. The number of esters is 1. The average Bonchev–Trinajstić information content (AvgIpc) is 2.59. The number of aliphatic hydroxyl groups is 3. The second-order valence-electron chi connectivity index (χ2n) is 6.04. The average molecular weight is 363 g/mol. The van der Waals surface area contributed by atoms with E-state index in [9.17, 15) is 24.9 Å². The molecule has 0 aromatic carbocycles. The molecule has 146 valence electrons. The lowest BCUT2D eigenvalue weighted by Gasteiger charge is -2.42. The van der Waals surface area contributed by atoms with Crippen LogP contribution in [0, 0.1) is 0 Å². The molecule has 1 aliphatic rings. The molecule has 1 amide bonds. The number of hydrogen-bond acceptors (Lipinski definition) is 8. The Hall–Kier alpha value is -1.26. The van der Waals surface area contributed by atoms with Crippen LogP contribution in [0.4, 0.5) is 0 Å². The van der Waals surface area contributed by atoms with E-state index in [1.165, 1.54) is 14.0 Å². The van der Waals surface area contributed by atoms with Gasteiger partial charge in [0.1, 0.15) is 24.4 Å². The first-order valence-corrected chi connectivity index (χ1v) is 8.48. The van der Waals surface area contributed by atoms with Crippen molar-refractivity contribution in [2.24, 2.45) is 0 Å². The van der Waals surface area contributed by atoms with Crippen molar-refractivity contribution in [3.63, 3.8) is 0 Å². The van der Waals surface area contributed by atoms with E-state index in [0.29, 0.717) is 19.4 Å². The fourth-order valence-electron chi connectivity index (χ4n) is 2.64. The molecule has 0 saturated carbocycles. The Morgan fingerprint density at radius 1 is 1.12 bits per heavy atom. The number of methoxy groups -OCH3 is 1. The number of hydrogen-bond donors (Lipinski definition) is 4. The number of rotatable bonds is 10. The van der Waals surface area contributed by atoms with Crippen LogP contribution in [-0.2, 0) is 23.8 Å². The van der Waals surface area contributed by atoms with Crippen molar-refractivity contribution in [1.29, 1.82) is 0 Å². The first kappa shape index (κ1) is 21.8. The molecule has 1 aliphatic heterocycles. The highest BCUT2D eigenvalue weighted by Gasteiger charge is 2.45. The van der Waals surface area contributed by atoms with Crippen LogP contribution >= 0.6 is 0 Å². The molecule has 1 heterocycles. The molecule has 9 nitrogen and oxygen atoms in total. The third kappa shape index (κ3) is 7.25. The Labute approximate surface area is 147 Å². The monoisotopic (exact) mass is 363 g/mol. The highest BCUT2D eigenvalue weighted by Crippen LogP contribution is 2.22. The van der Waals surface area contributed by atoms with E-state index in [0.717, 1.165) is 19.3 Å². The van der Waals surface area contributed by atoms with Crippen LogP contribution in [0.15, 0.2) is 0 Å². The van der Waals surface area contributed by atoms with Gasteiger partial charge < -0.3 is 34.8 Å². The lowest BCUT2D eigenvalue weighted by Crippen LogP contribution is -2.64. The van der Waals surface area contributed by atoms with E-state index in [4.69, 9.17) is 9.47 Å². The van der Waals surface area contributed by atoms with Crippen molar-refractivity contribution in [3.05, 3.63) is 0 Å². The number of ether oxygens (including phenoxy) is 3. The van der Waals surface area contributed by atoms with Gasteiger partial charge in [-0.25, -0.2) is 0 Å². The van der Waals surface area contributed by atoms with Gasteiger partial charge in [-0.05, 0) is 12.8 Å². The molecule has 9 heteroatoms. The van der Waals surface area contributed by atoms with Gasteiger partial charge >= 0.3 is 5.97 Å². The van der Waals surface area contributed by atoms with Gasteiger partial charge in [-0.15, -0.1) is 0 Å². The molecule has 0 bridgehead atoms. The Balaban J connectivity index is 2.39. The van der Waals surface area contributed by atoms with Crippen LogP contribution < -0.4 is 5.32 Å². The van der Waals surface area contributed by atoms with Gasteiger partial charge in [0, 0.05) is 20.0 Å². The molecule has 25 heavy (non-hydrogen) atoms. The van der Waals surface area contributed by atoms with Crippen LogP contribution in [0.1, 0.15) is 39.0 Å². The summed E-state index contributed by atoms with van der Waals surface area (Å²) < 4.78 is 15.6. The van der Waals surface area contributed by atoms with E-state index in [1.54, 1.807) is 0 Å². The summed E-state index contributed by atoms with van der Waals surface area (Å²) in [5, 5.41) is 31.7. The van der Waals surface area contributed by atoms with Crippen LogP contribution in [0.2, 0.25) is 0 Å². The molecule has 1 fully saturated rings. The summed E-state index contributed by atoms with van der Waals surface area (Å²) in [4.78, 5) is 22.3. The SMILES string of the molecule is COC(=O)CCCCCCO[C@H]1O[C@H](CO)[C@@H](O)[C@H](O)[C@@H]1NC(C)=O. The van der Waals surface area contributed by atoms with Crippen molar-refractivity contribution >= 4 is 11.9 Å². The van der Waals surface area contributed by atoms with Crippen molar-refractivity contribution in [1.82, 2.24) is 5.32 Å². The highest BCUT2D eigenvalue weighted by atomic mass is 16.7. The number of nitrogens with one attached hydrogen (secondary N) is 1. The minimum Gasteiger partial charge on any atom is -0.469 e. The molecule has 0 aromatic rings. The standard InChI is InChI=1S/C16H29NO8/c1-10(19)17-13-15(22)14(21)11(9-18)25-16(13)24-8-6-4-3-5-7-12(20)23-2/h11,13-16,18,21-22H,3-9H2,1-2H3,(H,17,19)/t11-,13+,14-,15-,16+/m1/s1. The van der Waals surface area contributed by atoms with Crippen molar-refractivity contribution in [3.8, 4) is 0 Å². The van der Waals surface area contributed by atoms with Crippen LogP contribution in [0.25, 0.3) is 0 Å². The largest absolute Gasteiger partial charge is 0.469 e. The zero-order valence-corrected chi connectivity index (χ0v) is 14.7. The lowest BCUT2D eigenvalue weighted by atomic mass is 9.97. The zero-order chi connectivity index (χ0) is 18.8. The normalized spacial score (nSPS) is 29.2. The topological polar surface area (TPSA) is 135 Å². The van der Waals surface area contributed by atoms with Gasteiger partial charge in [-0.3, -0.25) is 9.59 Å². The summed E-state index contributed by atoms with van der Waals surface area (Å²) in [7, 11) is 1.36. The molecule has 0 aliphatic carbocycles. The fraction of sp³-hybridized carbons (Fsp3) is 0.875. The minimum absolute atomic E-state index is 0.229. The Bertz CT molecular complexity index is 419. The summed E-state index contributed by atoms with van der Waals surface area (Å²) in [6.07, 6.45) is -1.06. The summed E-state index contributed by atoms with van der Waals surface area (Å²) >= 11 is 0. The van der Waals surface area contributed by atoms with E-state index in [2.05, 4.69) is 10.1 Å². The fourth-order valence-corrected chi connectivity index (χ4v) is 2.64. The first-order chi connectivity index (χ1) is 11.9. The minimum atomic E-state index is -1.32. The Morgan fingerprint density at radius 2 is 1.80 bits per heavy atom. The molecule has 4 N–H and O–H groups in total. The molecule has 0 aromatic heterocycles. The summed E-state index contributed by atoms with van der Waals surface area (Å²) in [6.45, 7) is 1.13. The molecule has 1 saturated heterocycles. The molecule has 0 unspecified atom stereocenters. The van der Waals surface area contributed by atoms with Crippen LogP contribution in [0.3, 0.4) is 0 Å².